The van der Waals surface area contributed by atoms with Gasteiger partial charge < -0.3 is 5.11 Å². The zero-order valence-electron chi connectivity index (χ0n) is 17.5. The fourth-order valence-electron chi connectivity index (χ4n) is 4.86. The van der Waals surface area contributed by atoms with Gasteiger partial charge in [0.1, 0.15) is 11.7 Å². The Morgan fingerprint density at radius 3 is 2.21 bits per heavy atom. The van der Waals surface area contributed by atoms with Crippen molar-refractivity contribution in [3.63, 3.8) is 0 Å². The summed E-state index contributed by atoms with van der Waals surface area (Å²) in [4.78, 5) is 34.8. The number of imide groups is 1. The molecule has 2 heterocycles. The van der Waals surface area contributed by atoms with Gasteiger partial charge in [0.2, 0.25) is 5.91 Å². The molecule has 162 valence electrons. The molecule has 0 spiro atoms. The van der Waals surface area contributed by atoms with E-state index in [2.05, 4.69) is 0 Å². The van der Waals surface area contributed by atoms with Crippen LogP contribution in [-0.4, -0.2) is 23.0 Å². The van der Waals surface area contributed by atoms with E-state index in [9.17, 15) is 14.7 Å². The maximum atomic E-state index is 13.8. The summed E-state index contributed by atoms with van der Waals surface area (Å²) in [7, 11) is 0. The number of fused-ring (bicyclic) bond motifs is 2. The Bertz CT molecular complexity index is 1360. The molecule has 0 saturated carbocycles. The normalized spacial score (nSPS) is 22.2. The Morgan fingerprint density at radius 2 is 1.42 bits per heavy atom. The Balaban J connectivity index is 1.46. The number of nitrogens with zero attached hydrogens (tertiary/aromatic N) is 2. The molecule has 6 rings (SSSR count). The Kier molecular flexibility index (Phi) is 4.41. The predicted octanol–water partition coefficient (Wildman–Crippen LogP) is 4.60. The molecule has 0 bridgehead atoms. The standard InChI is InChI=1S/C27H20N2O4/c30-20-15-13-18(14-16-20)24-23-25(33-29(24)19-9-2-1-3-10-19)27(32)28(26(23)31)22-12-6-8-17-7-4-5-11-21(17)22/h1-16,23-25,30H/t23-,24+,25+/m0/s1. The van der Waals surface area contributed by atoms with Gasteiger partial charge in [-0.2, -0.15) is 0 Å². The lowest BCUT2D eigenvalue weighted by molar-refractivity contribution is -0.126. The van der Waals surface area contributed by atoms with Crippen LogP contribution in [0.4, 0.5) is 11.4 Å². The highest BCUT2D eigenvalue weighted by molar-refractivity contribution is 6.26. The number of carbonyl (C=O) groups is 2. The van der Waals surface area contributed by atoms with E-state index in [4.69, 9.17) is 4.84 Å². The van der Waals surface area contributed by atoms with Crippen LogP contribution in [0.1, 0.15) is 11.6 Å². The van der Waals surface area contributed by atoms with Gasteiger partial charge in [0, 0.05) is 5.39 Å². The molecule has 0 unspecified atom stereocenters. The number of hydroxylamine groups is 1. The molecule has 2 fully saturated rings. The number of anilines is 2. The molecule has 0 aliphatic carbocycles. The molecule has 2 aliphatic rings. The number of aromatic hydroxyl groups is 1. The molecule has 0 radical (unpaired) electrons. The van der Waals surface area contributed by atoms with Crippen LogP contribution in [-0.2, 0) is 14.4 Å². The molecule has 6 heteroatoms. The molecule has 1 N–H and O–H groups in total. The van der Waals surface area contributed by atoms with Crippen molar-refractivity contribution in [2.75, 3.05) is 9.96 Å². The van der Waals surface area contributed by atoms with Crippen molar-refractivity contribution < 1.29 is 19.5 Å². The third-order valence-electron chi connectivity index (χ3n) is 6.37. The van der Waals surface area contributed by atoms with Gasteiger partial charge in [0.15, 0.2) is 6.10 Å². The van der Waals surface area contributed by atoms with Crippen molar-refractivity contribution in [3.05, 3.63) is 103 Å². The highest BCUT2D eigenvalue weighted by Gasteiger charge is 2.60. The third-order valence-corrected chi connectivity index (χ3v) is 6.37. The van der Waals surface area contributed by atoms with Gasteiger partial charge in [-0.3, -0.25) is 14.4 Å². The van der Waals surface area contributed by atoms with Crippen molar-refractivity contribution >= 4 is 34.0 Å². The van der Waals surface area contributed by atoms with Crippen LogP contribution in [0.3, 0.4) is 0 Å². The lowest BCUT2D eigenvalue weighted by Gasteiger charge is -2.29. The maximum Gasteiger partial charge on any atom is 0.266 e. The Morgan fingerprint density at radius 1 is 0.727 bits per heavy atom. The molecule has 33 heavy (non-hydrogen) atoms. The van der Waals surface area contributed by atoms with Crippen LogP contribution in [0.15, 0.2) is 97.1 Å². The van der Waals surface area contributed by atoms with Crippen molar-refractivity contribution in [2.45, 2.75) is 12.1 Å². The fraction of sp³-hybridized carbons (Fsp3) is 0.111. The van der Waals surface area contributed by atoms with Crippen molar-refractivity contribution in [1.82, 2.24) is 0 Å². The molecule has 2 amide bonds. The third kappa shape index (κ3) is 2.99. The molecule has 0 aromatic heterocycles. The number of phenolic OH excluding ortho intramolecular Hbond substituents is 1. The monoisotopic (exact) mass is 436 g/mol. The minimum atomic E-state index is -0.935. The first-order valence-corrected chi connectivity index (χ1v) is 10.8. The summed E-state index contributed by atoms with van der Waals surface area (Å²) in [5, 5.41) is 13.2. The molecule has 4 aromatic carbocycles. The van der Waals surface area contributed by atoms with Gasteiger partial charge in [-0.05, 0) is 41.3 Å². The lowest BCUT2D eigenvalue weighted by Crippen LogP contribution is -2.37. The van der Waals surface area contributed by atoms with Crippen LogP contribution in [0, 0.1) is 5.92 Å². The molecule has 3 atom stereocenters. The van der Waals surface area contributed by atoms with Gasteiger partial charge in [-0.15, -0.1) is 0 Å². The molecule has 2 aliphatic heterocycles. The highest BCUT2D eigenvalue weighted by atomic mass is 16.7. The minimum Gasteiger partial charge on any atom is -0.508 e. The van der Waals surface area contributed by atoms with Gasteiger partial charge in [0.05, 0.1) is 17.4 Å². The quantitative estimate of drug-likeness (QED) is 0.476. The van der Waals surface area contributed by atoms with Crippen molar-refractivity contribution in [3.8, 4) is 5.75 Å². The van der Waals surface area contributed by atoms with Gasteiger partial charge >= 0.3 is 0 Å². The molecule has 6 nitrogen and oxygen atoms in total. The number of rotatable bonds is 3. The van der Waals surface area contributed by atoms with E-state index in [0.29, 0.717) is 5.69 Å². The van der Waals surface area contributed by atoms with Crippen LogP contribution < -0.4 is 9.96 Å². The summed E-state index contributed by atoms with van der Waals surface area (Å²) >= 11 is 0. The summed E-state index contributed by atoms with van der Waals surface area (Å²) in [6, 6.07) is 28.9. The van der Waals surface area contributed by atoms with E-state index in [-0.39, 0.29) is 17.6 Å². The summed E-state index contributed by atoms with van der Waals surface area (Å²) in [6.45, 7) is 0. The van der Waals surface area contributed by atoms with Gasteiger partial charge in [-0.25, -0.2) is 9.96 Å². The SMILES string of the molecule is O=C1[C@H]2[C@@H](c3ccc(O)cc3)N(c3ccccc3)O[C@H]2C(=O)N1c1cccc2ccccc12. The predicted molar refractivity (Wildman–Crippen MR) is 125 cm³/mol. The van der Waals surface area contributed by atoms with Gasteiger partial charge in [-0.1, -0.05) is 66.7 Å². The first-order chi connectivity index (χ1) is 16.1. The number of hydrogen-bond acceptors (Lipinski definition) is 5. The Hall–Kier alpha value is -4.16. The number of phenols is 1. The number of carbonyl (C=O) groups excluding carboxylic acids is 2. The van der Waals surface area contributed by atoms with Crippen molar-refractivity contribution in [2.24, 2.45) is 5.92 Å². The van der Waals surface area contributed by atoms with E-state index < -0.39 is 18.1 Å². The smallest absolute Gasteiger partial charge is 0.266 e. The number of hydrogen-bond donors (Lipinski definition) is 1. The van der Waals surface area contributed by atoms with E-state index in [1.54, 1.807) is 35.4 Å². The Labute approximate surface area is 190 Å². The van der Waals surface area contributed by atoms with E-state index in [1.165, 1.54) is 4.90 Å². The van der Waals surface area contributed by atoms with Crippen LogP contribution in [0.2, 0.25) is 0 Å². The topological polar surface area (TPSA) is 70.1 Å². The zero-order chi connectivity index (χ0) is 22.5. The average molecular weight is 436 g/mol. The zero-order valence-corrected chi connectivity index (χ0v) is 17.5. The summed E-state index contributed by atoms with van der Waals surface area (Å²) in [5.74, 6) is -1.26. The fourth-order valence-corrected chi connectivity index (χ4v) is 4.86. The molecular formula is C27H20N2O4. The number of para-hydroxylation sites is 1. The summed E-state index contributed by atoms with van der Waals surface area (Å²) < 4.78 is 0. The second-order valence-corrected chi connectivity index (χ2v) is 8.26. The maximum absolute atomic E-state index is 13.8. The van der Waals surface area contributed by atoms with Crippen LogP contribution in [0.25, 0.3) is 10.8 Å². The highest BCUT2D eigenvalue weighted by Crippen LogP contribution is 2.48. The van der Waals surface area contributed by atoms with E-state index >= 15 is 0 Å². The average Bonchev–Trinajstić information content (AvgIpc) is 3.36. The van der Waals surface area contributed by atoms with Crippen LogP contribution in [0.5, 0.6) is 5.75 Å². The van der Waals surface area contributed by atoms with Crippen LogP contribution >= 0.6 is 0 Å². The van der Waals surface area contributed by atoms with E-state index in [1.807, 2.05) is 66.7 Å². The van der Waals surface area contributed by atoms with Crippen molar-refractivity contribution in [1.29, 1.82) is 0 Å². The number of amides is 2. The molecule has 2 saturated heterocycles. The van der Waals surface area contributed by atoms with E-state index in [0.717, 1.165) is 22.0 Å². The summed E-state index contributed by atoms with van der Waals surface area (Å²) in [6.07, 6.45) is -0.935. The second kappa shape index (κ2) is 7.46. The van der Waals surface area contributed by atoms with Gasteiger partial charge in [0.25, 0.3) is 5.91 Å². The molecule has 4 aromatic rings. The first kappa shape index (κ1) is 19.5. The molecular weight excluding hydrogens is 416 g/mol. The number of benzene rings is 4. The summed E-state index contributed by atoms with van der Waals surface area (Å²) in [5.41, 5.74) is 2.10. The lowest BCUT2D eigenvalue weighted by atomic mass is 9.90. The first-order valence-electron chi connectivity index (χ1n) is 10.8. The largest absolute Gasteiger partial charge is 0.508 e. The second-order valence-electron chi connectivity index (χ2n) is 8.26. The minimum absolute atomic E-state index is 0.131.